The summed E-state index contributed by atoms with van der Waals surface area (Å²) in [5, 5.41) is 2.80. The molecule has 1 aliphatic heterocycles. The van der Waals surface area contributed by atoms with E-state index >= 15 is 0 Å². The van der Waals surface area contributed by atoms with E-state index in [1.807, 2.05) is 25.1 Å². The predicted octanol–water partition coefficient (Wildman–Crippen LogP) is 6.73. The predicted molar refractivity (Wildman–Crippen MR) is 162 cm³/mol. The average Bonchev–Trinajstić information content (AvgIpc) is 3.21. The first-order valence-electron chi connectivity index (χ1n) is 12.8. The molecular formula is C31H29ClN2O6S. The summed E-state index contributed by atoms with van der Waals surface area (Å²) in [5.74, 6) is 0.681. The Kier molecular flexibility index (Phi) is 10.1. The number of allylic oxidation sites excluding steroid dienone is 1. The molecule has 1 saturated heterocycles. The lowest BCUT2D eigenvalue weighted by Crippen LogP contribution is -2.36. The van der Waals surface area contributed by atoms with E-state index in [9.17, 15) is 14.4 Å². The molecule has 0 atom stereocenters. The van der Waals surface area contributed by atoms with Crippen molar-refractivity contribution >= 4 is 52.2 Å². The maximum atomic E-state index is 13.1. The van der Waals surface area contributed by atoms with Crippen LogP contribution in [0.2, 0.25) is 5.02 Å². The first kappa shape index (κ1) is 29.8. The minimum atomic E-state index is -0.545. The minimum Gasteiger partial charge on any atom is -0.497 e. The van der Waals surface area contributed by atoms with Crippen molar-refractivity contribution in [3.05, 3.63) is 99.9 Å². The van der Waals surface area contributed by atoms with Crippen molar-refractivity contribution in [3.63, 3.8) is 0 Å². The lowest BCUT2D eigenvalue weighted by atomic mass is 10.0. The third-order valence-corrected chi connectivity index (χ3v) is 7.12. The van der Waals surface area contributed by atoms with Gasteiger partial charge in [-0.3, -0.25) is 19.3 Å². The fraction of sp³-hybridized carbons (Fsp3) is 0.194. The first-order valence-corrected chi connectivity index (χ1v) is 14.0. The Labute approximate surface area is 247 Å². The standard InChI is InChI=1S/C31H29ClN2O6S/c1-4-6-22-15-21(16-26(39-5-2)29(22)40-19-20-7-9-23(32)10-8-20)17-27-30(36)34(31(37)41-27)18-28(35)33-24-11-13-25(38-3)14-12-24/h4,7-17H,1,5-6,18-19H2,2-3H3,(H,33,35)/b27-17+. The summed E-state index contributed by atoms with van der Waals surface area (Å²) in [7, 11) is 1.55. The molecule has 3 amide bonds. The van der Waals surface area contributed by atoms with Crippen LogP contribution in [0.3, 0.4) is 0 Å². The van der Waals surface area contributed by atoms with Gasteiger partial charge in [0.15, 0.2) is 11.5 Å². The number of nitrogens with one attached hydrogen (secondary N) is 1. The number of methoxy groups -OCH3 is 1. The zero-order chi connectivity index (χ0) is 29.4. The molecule has 0 saturated carbocycles. The van der Waals surface area contributed by atoms with E-state index in [4.69, 9.17) is 25.8 Å². The number of hydrogen-bond donors (Lipinski definition) is 1. The number of thioether (sulfide) groups is 1. The number of rotatable bonds is 12. The Morgan fingerprint density at radius 3 is 2.46 bits per heavy atom. The highest BCUT2D eigenvalue weighted by atomic mass is 35.5. The number of carbonyl (C=O) groups excluding carboxylic acids is 3. The van der Waals surface area contributed by atoms with Crippen LogP contribution in [0.1, 0.15) is 23.6 Å². The van der Waals surface area contributed by atoms with Gasteiger partial charge in [-0.25, -0.2) is 0 Å². The molecule has 1 heterocycles. The van der Waals surface area contributed by atoms with E-state index in [1.165, 1.54) is 0 Å². The smallest absolute Gasteiger partial charge is 0.294 e. The van der Waals surface area contributed by atoms with Crippen LogP contribution in [-0.4, -0.2) is 42.2 Å². The second-order valence-electron chi connectivity index (χ2n) is 8.89. The van der Waals surface area contributed by atoms with Gasteiger partial charge in [0, 0.05) is 16.3 Å². The third-order valence-electron chi connectivity index (χ3n) is 5.96. The van der Waals surface area contributed by atoms with Crippen molar-refractivity contribution < 1.29 is 28.6 Å². The molecule has 1 N–H and O–H groups in total. The molecular weight excluding hydrogens is 564 g/mol. The van der Waals surface area contributed by atoms with Crippen LogP contribution in [0.5, 0.6) is 17.2 Å². The maximum absolute atomic E-state index is 13.1. The molecule has 0 unspecified atom stereocenters. The molecule has 3 aromatic carbocycles. The van der Waals surface area contributed by atoms with Crippen LogP contribution in [-0.2, 0) is 22.6 Å². The molecule has 3 aromatic rings. The Morgan fingerprint density at radius 1 is 1.07 bits per heavy atom. The molecule has 212 valence electrons. The second-order valence-corrected chi connectivity index (χ2v) is 10.3. The van der Waals surface area contributed by atoms with Gasteiger partial charge in [-0.15, -0.1) is 6.58 Å². The monoisotopic (exact) mass is 592 g/mol. The van der Waals surface area contributed by atoms with Gasteiger partial charge in [0.1, 0.15) is 18.9 Å². The minimum absolute atomic E-state index is 0.203. The van der Waals surface area contributed by atoms with Crippen LogP contribution in [0.4, 0.5) is 10.5 Å². The highest BCUT2D eigenvalue weighted by Gasteiger charge is 2.36. The van der Waals surface area contributed by atoms with Crippen LogP contribution in [0.25, 0.3) is 6.08 Å². The molecule has 0 aliphatic carbocycles. The van der Waals surface area contributed by atoms with Crippen LogP contribution in [0.15, 0.2) is 78.2 Å². The highest BCUT2D eigenvalue weighted by Crippen LogP contribution is 2.38. The summed E-state index contributed by atoms with van der Waals surface area (Å²) < 4.78 is 17.2. The first-order chi connectivity index (χ1) is 19.8. The summed E-state index contributed by atoms with van der Waals surface area (Å²) in [4.78, 5) is 39.4. The van der Waals surface area contributed by atoms with E-state index < -0.39 is 23.6 Å². The molecule has 8 nitrogen and oxygen atoms in total. The molecule has 4 rings (SSSR count). The quantitative estimate of drug-likeness (QED) is 0.184. The Bertz CT molecular complexity index is 1470. The number of imide groups is 1. The largest absolute Gasteiger partial charge is 0.497 e. The summed E-state index contributed by atoms with van der Waals surface area (Å²) in [5.41, 5.74) is 2.92. The normalized spacial score (nSPS) is 13.8. The van der Waals surface area contributed by atoms with Gasteiger partial charge >= 0.3 is 0 Å². The van der Waals surface area contributed by atoms with Crippen LogP contribution >= 0.6 is 23.4 Å². The molecule has 0 radical (unpaired) electrons. The molecule has 41 heavy (non-hydrogen) atoms. The lowest BCUT2D eigenvalue weighted by molar-refractivity contribution is -0.127. The summed E-state index contributed by atoms with van der Waals surface area (Å²) >= 11 is 6.77. The fourth-order valence-electron chi connectivity index (χ4n) is 4.04. The fourth-order valence-corrected chi connectivity index (χ4v) is 5.01. The van der Waals surface area contributed by atoms with Gasteiger partial charge in [0.05, 0.1) is 18.6 Å². The van der Waals surface area contributed by atoms with E-state index in [0.717, 1.165) is 27.8 Å². The molecule has 10 heteroatoms. The topological polar surface area (TPSA) is 94.2 Å². The highest BCUT2D eigenvalue weighted by molar-refractivity contribution is 8.18. The number of amides is 3. The number of halogens is 1. The summed E-state index contributed by atoms with van der Waals surface area (Å²) in [6, 6.07) is 17.7. The number of hydrogen-bond acceptors (Lipinski definition) is 7. The van der Waals surface area contributed by atoms with Gasteiger partial charge in [-0.2, -0.15) is 0 Å². The molecule has 0 bridgehead atoms. The number of carbonyl (C=O) groups is 3. The van der Waals surface area contributed by atoms with E-state index in [1.54, 1.807) is 61.7 Å². The van der Waals surface area contributed by atoms with Crippen LogP contribution in [0, 0.1) is 0 Å². The van der Waals surface area contributed by atoms with Gasteiger partial charge in [-0.05, 0) is 90.8 Å². The molecule has 1 fully saturated rings. The molecule has 1 aliphatic rings. The Hall–Kier alpha value is -4.21. The van der Waals surface area contributed by atoms with Gasteiger partial charge < -0.3 is 19.5 Å². The van der Waals surface area contributed by atoms with Gasteiger partial charge in [0.2, 0.25) is 5.91 Å². The maximum Gasteiger partial charge on any atom is 0.294 e. The SMILES string of the molecule is C=CCc1cc(/C=C2/SC(=O)N(CC(=O)Nc3ccc(OC)cc3)C2=O)cc(OCC)c1OCc1ccc(Cl)cc1. The number of ether oxygens (including phenoxy) is 3. The van der Waals surface area contributed by atoms with Crippen molar-refractivity contribution in [2.24, 2.45) is 0 Å². The zero-order valence-electron chi connectivity index (χ0n) is 22.6. The number of anilines is 1. The molecule has 0 spiro atoms. The lowest BCUT2D eigenvalue weighted by Gasteiger charge is -2.17. The number of nitrogens with zero attached hydrogens (tertiary/aromatic N) is 1. The summed E-state index contributed by atoms with van der Waals surface area (Å²) in [6.45, 7) is 6.01. The van der Waals surface area contributed by atoms with E-state index in [0.29, 0.717) is 53.2 Å². The van der Waals surface area contributed by atoms with Crippen molar-refractivity contribution in [1.82, 2.24) is 4.90 Å². The van der Waals surface area contributed by atoms with Crippen molar-refractivity contribution in [2.75, 3.05) is 25.6 Å². The van der Waals surface area contributed by atoms with Gasteiger partial charge in [0.25, 0.3) is 11.1 Å². The van der Waals surface area contributed by atoms with Crippen LogP contribution < -0.4 is 19.5 Å². The average molecular weight is 593 g/mol. The van der Waals surface area contributed by atoms with Crippen molar-refractivity contribution in [1.29, 1.82) is 0 Å². The van der Waals surface area contributed by atoms with Crippen molar-refractivity contribution in [3.8, 4) is 17.2 Å². The summed E-state index contributed by atoms with van der Waals surface area (Å²) in [6.07, 6.45) is 3.86. The zero-order valence-corrected chi connectivity index (χ0v) is 24.2. The third kappa shape index (κ3) is 7.71. The van der Waals surface area contributed by atoms with E-state index in [2.05, 4.69) is 11.9 Å². The van der Waals surface area contributed by atoms with Gasteiger partial charge in [-0.1, -0.05) is 29.8 Å². The van der Waals surface area contributed by atoms with Crippen molar-refractivity contribution in [2.45, 2.75) is 20.0 Å². The Balaban J connectivity index is 1.52. The second kappa shape index (κ2) is 13.9. The number of benzene rings is 3. The Morgan fingerprint density at radius 2 is 1.80 bits per heavy atom. The molecule has 0 aromatic heterocycles. The van der Waals surface area contributed by atoms with E-state index in [-0.39, 0.29) is 4.91 Å².